The van der Waals surface area contributed by atoms with Gasteiger partial charge in [-0.2, -0.15) is 0 Å². The summed E-state index contributed by atoms with van der Waals surface area (Å²) in [5.41, 5.74) is 0.0260. The van der Waals surface area contributed by atoms with Gasteiger partial charge in [0.2, 0.25) is 0 Å². The van der Waals surface area contributed by atoms with Gasteiger partial charge in [-0.3, -0.25) is 0 Å². The van der Waals surface area contributed by atoms with E-state index in [9.17, 15) is 0 Å². The predicted molar refractivity (Wildman–Crippen MR) is 37.5 cm³/mol. The molecule has 0 aromatic rings. The topological polar surface area (TPSA) is 21.3 Å². The zero-order chi connectivity index (χ0) is 6.91. The van der Waals surface area contributed by atoms with Gasteiger partial charge in [0, 0.05) is 13.2 Å². The molecule has 1 rings (SSSR count). The number of rotatable bonds is 2. The van der Waals surface area contributed by atoms with E-state index < -0.39 is 0 Å². The molecule has 1 fully saturated rings. The van der Waals surface area contributed by atoms with Crippen LogP contribution in [-0.4, -0.2) is 25.3 Å². The maximum absolute atomic E-state index is 5.28. The van der Waals surface area contributed by atoms with Crippen molar-refractivity contribution < 1.29 is 4.74 Å². The van der Waals surface area contributed by atoms with Crippen LogP contribution in [0.1, 0.15) is 20.3 Å². The minimum absolute atomic E-state index is 0.0260. The molecule has 0 spiro atoms. The molecule has 0 aliphatic carbocycles. The van der Waals surface area contributed by atoms with Crippen molar-refractivity contribution in [1.29, 1.82) is 0 Å². The summed E-state index contributed by atoms with van der Waals surface area (Å²) >= 11 is 0. The second-order valence-corrected chi connectivity index (χ2v) is 3.10. The van der Waals surface area contributed by atoms with Crippen LogP contribution < -0.4 is 5.32 Å². The van der Waals surface area contributed by atoms with Gasteiger partial charge in [0.15, 0.2) is 0 Å². The zero-order valence-electron chi connectivity index (χ0n) is 6.40. The quantitative estimate of drug-likeness (QED) is 0.594. The minimum Gasteiger partial charge on any atom is -0.377 e. The molecule has 1 atom stereocenters. The molecule has 0 aromatic heterocycles. The third-order valence-corrected chi connectivity index (χ3v) is 2.19. The van der Waals surface area contributed by atoms with E-state index in [1.807, 2.05) is 0 Å². The van der Waals surface area contributed by atoms with E-state index in [0.29, 0.717) is 6.04 Å². The lowest BCUT2D eigenvalue weighted by atomic mass is 9.90. The maximum Gasteiger partial charge on any atom is 0.0775 e. The van der Waals surface area contributed by atoms with Crippen molar-refractivity contribution >= 4 is 0 Å². The molecule has 1 saturated heterocycles. The Bertz CT molecular complexity index is 97.1. The molecular weight excluding hydrogens is 114 g/mol. The Hall–Kier alpha value is -0.0800. The van der Waals surface area contributed by atoms with Gasteiger partial charge in [0.1, 0.15) is 0 Å². The summed E-state index contributed by atoms with van der Waals surface area (Å²) in [6.45, 7) is 5.38. The molecule has 0 radical (unpaired) electrons. The number of hydrogen-bond acceptors (Lipinski definition) is 2. The Kier molecular flexibility index (Phi) is 1.78. The highest BCUT2D eigenvalue weighted by Crippen LogP contribution is 2.20. The van der Waals surface area contributed by atoms with Crippen LogP contribution in [0.4, 0.5) is 0 Å². The lowest BCUT2D eigenvalue weighted by Gasteiger charge is -2.40. The fourth-order valence-corrected chi connectivity index (χ4v) is 1.02. The van der Waals surface area contributed by atoms with Crippen LogP contribution in [0.2, 0.25) is 0 Å². The van der Waals surface area contributed by atoms with Crippen LogP contribution >= 0.6 is 0 Å². The number of ether oxygens (including phenoxy) is 1. The van der Waals surface area contributed by atoms with Crippen molar-refractivity contribution in [2.45, 2.75) is 31.9 Å². The van der Waals surface area contributed by atoms with Crippen LogP contribution in [0.3, 0.4) is 0 Å². The standard InChI is InChI=1S/C7H15NO/c1-7(2,9-3)6-4-5-8-6/h6,8H,4-5H2,1-3H3. The van der Waals surface area contributed by atoms with Crippen LogP contribution in [0.15, 0.2) is 0 Å². The van der Waals surface area contributed by atoms with Crippen molar-refractivity contribution in [3.05, 3.63) is 0 Å². The van der Waals surface area contributed by atoms with E-state index in [1.54, 1.807) is 7.11 Å². The van der Waals surface area contributed by atoms with E-state index in [-0.39, 0.29) is 5.60 Å². The third kappa shape index (κ3) is 1.25. The van der Waals surface area contributed by atoms with E-state index >= 15 is 0 Å². The fraction of sp³-hybridized carbons (Fsp3) is 1.00. The molecular formula is C7H15NO. The maximum atomic E-state index is 5.28. The van der Waals surface area contributed by atoms with Crippen molar-refractivity contribution in [1.82, 2.24) is 5.32 Å². The Labute approximate surface area is 56.6 Å². The fourth-order valence-electron chi connectivity index (χ4n) is 1.02. The number of methoxy groups -OCH3 is 1. The summed E-state index contributed by atoms with van der Waals surface area (Å²) in [7, 11) is 1.76. The Morgan fingerprint density at radius 3 is 2.22 bits per heavy atom. The largest absolute Gasteiger partial charge is 0.377 e. The van der Waals surface area contributed by atoms with Crippen LogP contribution in [0.25, 0.3) is 0 Å². The molecule has 0 amide bonds. The molecule has 0 bridgehead atoms. The molecule has 1 N–H and O–H groups in total. The van der Waals surface area contributed by atoms with Gasteiger partial charge in [-0.15, -0.1) is 0 Å². The van der Waals surface area contributed by atoms with Crippen LogP contribution in [0, 0.1) is 0 Å². The van der Waals surface area contributed by atoms with E-state index in [4.69, 9.17) is 4.74 Å². The first-order valence-corrected chi connectivity index (χ1v) is 3.45. The van der Waals surface area contributed by atoms with Gasteiger partial charge >= 0.3 is 0 Å². The highest BCUT2D eigenvalue weighted by atomic mass is 16.5. The first-order valence-electron chi connectivity index (χ1n) is 3.45. The number of hydrogen-bond donors (Lipinski definition) is 1. The van der Waals surface area contributed by atoms with E-state index in [0.717, 1.165) is 6.54 Å². The normalized spacial score (nSPS) is 27.7. The molecule has 1 unspecified atom stereocenters. The predicted octanol–water partition coefficient (Wildman–Crippen LogP) is 0.773. The van der Waals surface area contributed by atoms with E-state index in [1.165, 1.54) is 6.42 Å². The molecule has 2 nitrogen and oxygen atoms in total. The molecule has 54 valence electrons. The van der Waals surface area contributed by atoms with E-state index in [2.05, 4.69) is 19.2 Å². The molecule has 1 heterocycles. The first-order chi connectivity index (χ1) is 4.17. The van der Waals surface area contributed by atoms with Crippen molar-refractivity contribution in [2.24, 2.45) is 0 Å². The molecule has 2 heteroatoms. The summed E-state index contributed by atoms with van der Waals surface area (Å²) in [5, 5.41) is 3.31. The Morgan fingerprint density at radius 1 is 1.56 bits per heavy atom. The molecule has 0 saturated carbocycles. The SMILES string of the molecule is COC(C)(C)C1CCN1. The van der Waals surface area contributed by atoms with Gasteiger partial charge in [0.05, 0.1) is 5.60 Å². The summed E-state index contributed by atoms with van der Waals surface area (Å²) in [4.78, 5) is 0. The number of nitrogens with one attached hydrogen (secondary N) is 1. The van der Waals surface area contributed by atoms with Crippen molar-refractivity contribution in [2.75, 3.05) is 13.7 Å². The van der Waals surface area contributed by atoms with Gasteiger partial charge in [-0.25, -0.2) is 0 Å². The highest BCUT2D eigenvalue weighted by Gasteiger charge is 2.33. The van der Waals surface area contributed by atoms with Crippen LogP contribution in [0.5, 0.6) is 0 Å². The summed E-state index contributed by atoms with van der Waals surface area (Å²) in [5.74, 6) is 0. The first kappa shape index (κ1) is 7.03. The Balaban J connectivity index is 2.37. The van der Waals surface area contributed by atoms with Crippen molar-refractivity contribution in [3.63, 3.8) is 0 Å². The third-order valence-electron chi connectivity index (χ3n) is 2.19. The average Bonchev–Trinajstić information content (AvgIpc) is 1.60. The average molecular weight is 129 g/mol. The van der Waals surface area contributed by atoms with Gasteiger partial charge in [-0.05, 0) is 26.8 Å². The summed E-state index contributed by atoms with van der Waals surface area (Å²) in [6, 6.07) is 0.572. The van der Waals surface area contributed by atoms with Crippen LogP contribution in [-0.2, 0) is 4.74 Å². The smallest absolute Gasteiger partial charge is 0.0775 e. The van der Waals surface area contributed by atoms with Gasteiger partial charge < -0.3 is 10.1 Å². The second kappa shape index (κ2) is 2.27. The Morgan fingerprint density at radius 2 is 2.11 bits per heavy atom. The van der Waals surface area contributed by atoms with Gasteiger partial charge in [-0.1, -0.05) is 0 Å². The lowest BCUT2D eigenvalue weighted by molar-refractivity contribution is -0.0292. The zero-order valence-corrected chi connectivity index (χ0v) is 6.40. The molecule has 0 aromatic carbocycles. The molecule has 1 aliphatic heterocycles. The molecule has 1 aliphatic rings. The molecule has 9 heavy (non-hydrogen) atoms. The lowest BCUT2D eigenvalue weighted by Crippen LogP contribution is -2.56. The van der Waals surface area contributed by atoms with Gasteiger partial charge in [0.25, 0.3) is 0 Å². The second-order valence-electron chi connectivity index (χ2n) is 3.10. The summed E-state index contributed by atoms with van der Waals surface area (Å²) < 4.78 is 5.28. The highest BCUT2D eigenvalue weighted by molar-refractivity contribution is 4.91. The monoisotopic (exact) mass is 129 g/mol. The van der Waals surface area contributed by atoms with Crippen molar-refractivity contribution in [3.8, 4) is 0 Å². The summed E-state index contributed by atoms with van der Waals surface area (Å²) in [6.07, 6.45) is 1.25. The minimum atomic E-state index is 0.0260.